The first kappa shape index (κ1) is 22.5. The van der Waals surface area contributed by atoms with Crippen molar-refractivity contribution in [3.8, 4) is 5.75 Å². The number of rotatable bonds is 5. The lowest BCUT2D eigenvalue weighted by molar-refractivity contribution is -0.274. The van der Waals surface area contributed by atoms with Crippen LogP contribution in [0.15, 0.2) is 30.6 Å². The zero-order valence-electron chi connectivity index (χ0n) is 15.0. The van der Waals surface area contributed by atoms with E-state index in [2.05, 4.69) is 25.8 Å². The van der Waals surface area contributed by atoms with Crippen molar-refractivity contribution >= 4 is 23.5 Å². The number of hydrogen-bond donors (Lipinski definition) is 3. The van der Waals surface area contributed by atoms with Crippen molar-refractivity contribution in [3.63, 3.8) is 0 Å². The number of benzene rings is 1. The Bertz CT molecular complexity index is 993. The molecule has 168 valence electrons. The van der Waals surface area contributed by atoms with Gasteiger partial charge in [0.15, 0.2) is 0 Å². The van der Waals surface area contributed by atoms with Gasteiger partial charge in [-0.05, 0) is 17.7 Å². The van der Waals surface area contributed by atoms with E-state index in [9.17, 15) is 35.9 Å². The van der Waals surface area contributed by atoms with E-state index in [1.54, 1.807) is 0 Å². The van der Waals surface area contributed by atoms with Crippen molar-refractivity contribution in [2.45, 2.75) is 24.7 Å². The number of amides is 3. The zero-order valence-corrected chi connectivity index (χ0v) is 15.8. The average Bonchev–Trinajstić information content (AvgIpc) is 3.29. The Morgan fingerprint density at radius 3 is 2.48 bits per heavy atom. The van der Waals surface area contributed by atoms with E-state index < -0.39 is 47.5 Å². The van der Waals surface area contributed by atoms with E-state index in [0.717, 1.165) is 24.4 Å². The van der Waals surface area contributed by atoms with Crippen LogP contribution in [0.25, 0.3) is 0 Å². The summed E-state index contributed by atoms with van der Waals surface area (Å²) in [6.07, 6.45) is -8.42. The number of ether oxygens (including phenoxy) is 1. The van der Waals surface area contributed by atoms with E-state index in [-0.39, 0.29) is 22.4 Å². The fourth-order valence-electron chi connectivity index (χ4n) is 2.74. The van der Waals surface area contributed by atoms with Gasteiger partial charge in [-0.15, -0.1) is 26.3 Å². The van der Waals surface area contributed by atoms with E-state index in [1.165, 1.54) is 0 Å². The third kappa shape index (κ3) is 5.51. The number of hydrogen-bond acceptors (Lipinski definition) is 4. The first-order valence-corrected chi connectivity index (χ1v) is 8.73. The van der Waals surface area contributed by atoms with Crippen LogP contribution in [0.5, 0.6) is 5.75 Å². The number of aromatic nitrogens is 2. The second kappa shape index (κ2) is 8.17. The molecule has 0 unspecified atom stereocenters. The topological polar surface area (TPSA) is 97.3 Å². The van der Waals surface area contributed by atoms with Crippen LogP contribution in [0.1, 0.15) is 17.2 Å². The maximum atomic E-state index is 12.9. The van der Waals surface area contributed by atoms with E-state index in [0.29, 0.717) is 6.20 Å². The van der Waals surface area contributed by atoms with Crippen LogP contribution in [-0.2, 0) is 11.1 Å². The summed E-state index contributed by atoms with van der Waals surface area (Å²) in [6.45, 7) is -0.0711. The molecule has 3 N–H and O–H groups in total. The molecular weight excluding hydrogens is 460 g/mol. The van der Waals surface area contributed by atoms with Crippen molar-refractivity contribution < 1.29 is 40.7 Å². The molecule has 1 aliphatic heterocycles. The lowest BCUT2D eigenvalue weighted by atomic mass is 10.0. The Morgan fingerprint density at radius 1 is 1.26 bits per heavy atom. The largest absolute Gasteiger partial charge is 0.573 e. The summed E-state index contributed by atoms with van der Waals surface area (Å²) >= 11 is 5.82. The van der Waals surface area contributed by atoms with Crippen molar-refractivity contribution in [3.05, 3.63) is 46.7 Å². The molecule has 1 saturated heterocycles. The second-order valence-electron chi connectivity index (χ2n) is 6.27. The van der Waals surface area contributed by atoms with Crippen molar-refractivity contribution in [2.75, 3.05) is 6.54 Å². The predicted octanol–water partition coefficient (Wildman–Crippen LogP) is 2.80. The van der Waals surface area contributed by atoms with Crippen LogP contribution in [0.3, 0.4) is 0 Å². The summed E-state index contributed by atoms with van der Waals surface area (Å²) in [5, 5.41) is 9.78. The molecule has 3 amide bonds. The van der Waals surface area contributed by atoms with Gasteiger partial charge in [-0.25, -0.2) is 4.79 Å². The molecule has 2 atom stereocenters. The molecule has 3 rings (SSSR count). The van der Waals surface area contributed by atoms with E-state index in [4.69, 9.17) is 11.6 Å². The number of nitrogens with one attached hydrogen (secondary N) is 3. The van der Waals surface area contributed by atoms with Crippen LogP contribution in [0.2, 0.25) is 5.02 Å². The monoisotopic (exact) mass is 471 g/mol. The Hall–Kier alpha value is -3.16. The van der Waals surface area contributed by atoms with Gasteiger partial charge in [-0.2, -0.15) is 9.78 Å². The fraction of sp³-hybridized carbons (Fsp3) is 0.312. The smallest absolute Gasteiger partial charge is 0.404 e. The van der Waals surface area contributed by atoms with Crippen molar-refractivity contribution in [2.24, 2.45) is 0 Å². The van der Waals surface area contributed by atoms with Gasteiger partial charge >= 0.3 is 18.7 Å². The summed E-state index contributed by atoms with van der Waals surface area (Å²) in [7, 11) is 0. The minimum Gasteiger partial charge on any atom is -0.404 e. The third-order valence-corrected chi connectivity index (χ3v) is 4.38. The SMILES string of the molecule is O=C1NC[C@@H](C(=O)N[C@@H](c2ccc(OC(F)(F)F)c(Cl)c2)c2cnn(C(F)(F)F)c2)N1. The normalized spacial score (nSPS) is 17.6. The highest BCUT2D eigenvalue weighted by molar-refractivity contribution is 6.32. The number of carbonyl (C=O) groups is 2. The number of halogens is 7. The lowest BCUT2D eigenvalue weighted by Gasteiger charge is -2.21. The molecule has 15 heteroatoms. The number of nitrogens with zero attached hydrogens (tertiary/aromatic N) is 2. The van der Waals surface area contributed by atoms with Crippen molar-refractivity contribution in [1.82, 2.24) is 25.7 Å². The van der Waals surface area contributed by atoms with E-state index in [1.807, 2.05) is 0 Å². The third-order valence-electron chi connectivity index (χ3n) is 4.09. The predicted molar refractivity (Wildman–Crippen MR) is 92.0 cm³/mol. The van der Waals surface area contributed by atoms with Gasteiger partial charge in [-0.3, -0.25) is 4.79 Å². The highest BCUT2D eigenvalue weighted by atomic mass is 35.5. The molecule has 0 spiro atoms. The first-order chi connectivity index (χ1) is 14.3. The standard InChI is InChI=1S/C16H12ClF6N5O3/c17-9-3-7(1-2-11(9)31-16(21,22)23)12(8-4-25-28(6-8)15(18,19)20)27-13(29)10-5-24-14(30)26-10/h1-4,6,10,12H,5H2,(H,27,29)(H2,24,26,30)/t10-,12-/m0/s1. The Balaban J connectivity index is 1.93. The van der Waals surface area contributed by atoms with Crippen LogP contribution >= 0.6 is 11.6 Å². The summed E-state index contributed by atoms with van der Waals surface area (Å²) in [5.74, 6) is -1.49. The summed E-state index contributed by atoms with van der Waals surface area (Å²) in [6, 6.07) is 0.0446. The van der Waals surface area contributed by atoms with Crippen LogP contribution in [-0.4, -0.2) is 40.7 Å². The molecule has 2 heterocycles. The molecule has 1 fully saturated rings. The number of carbonyl (C=O) groups excluding carboxylic acids is 2. The van der Waals surface area contributed by atoms with Gasteiger partial charge in [0.25, 0.3) is 0 Å². The quantitative estimate of drug-likeness (QED) is 0.584. The molecule has 1 aliphatic rings. The molecular formula is C16H12ClF6N5O3. The zero-order chi connectivity index (χ0) is 23.0. The minimum atomic E-state index is -5.01. The van der Waals surface area contributed by atoms with Crippen molar-refractivity contribution in [1.29, 1.82) is 0 Å². The van der Waals surface area contributed by atoms with Gasteiger partial charge in [0.1, 0.15) is 11.8 Å². The molecule has 0 bridgehead atoms. The minimum absolute atomic E-state index is 0.0480. The molecule has 1 aromatic heterocycles. The van der Waals surface area contributed by atoms with Gasteiger partial charge in [-0.1, -0.05) is 17.7 Å². The van der Waals surface area contributed by atoms with Gasteiger partial charge in [0.05, 0.1) is 17.3 Å². The maximum Gasteiger partial charge on any atom is 0.573 e. The Morgan fingerprint density at radius 2 is 1.97 bits per heavy atom. The summed E-state index contributed by atoms with van der Waals surface area (Å²) < 4.78 is 79.5. The molecule has 8 nitrogen and oxygen atoms in total. The Labute approximate surface area is 174 Å². The number of alkyl halides is 6. The first-order valence-electron chi connectivity index (χ1n) is 8.35. The van der Waals surface area contributed by atoms with E-state index >= 15 is 0 Å². The molecule has 1 aromatic carbocycles. The lowest BCUT2D eigenvalue weighted by Crippen LogP contribution is -2.44. The van der Waals surface area contributed by atoms with Crippen LogP contribution in [0.4, 0.5) is 31.1 Å². The highest BCUT2D eigenvalue weighted by Crippen LogP contribution is 2.34. The fourth-order valence-corrected chi connectivity index (χ4v) is 2.97. The molecule has 31 heavy (non-hydrogen) atoms. The second-order valence-corrected chi connectivity index (χ2v) is 6.68. The molecule has 0 saturated carbocycles. The van der Waals surface area contributed by atoms with Gasteiger partial charge < -0.3 is 20.7 Å². The average molecular weight is 472 g/mol. The molecule has 2 aromatic rings. The Kier molecular flexibility index (Phi) is 5.93. The summed E-state index contributed by atoms with van der Waals surface area (Å²) in [4.78, 5) is 23.7. The number of urea groups is 1. The van der Waals surface area contributed by atoms with Crippen LogP contribution < -0.4 is 20.7 Å². The highest BCUT2D eigenvalue weighted by Gasteiger charge is 2.35. The van der Waals surface area contributed by atoms with Crippen LogP contribution in [0, 0.1) is 0 Å². The molecule has 0 aliphatic carbocycles. The summed E-state index contributed by atoms with van der Waals surface area (Å²) in [5.41, 5.74) is -0.0876. The van der Waals surface area contributed by atoms with Gasteiger partial charge in [0.2, 0.25) is 5.91 Å². The van der Waals surface area contributed by atoms with Gasteiger partial charge in [0, 0.05) is 18.3 Å². The maximum absolute atomic E-state index is 12.9. The molecule has 0 radical (unpaired) electrons.